The number of halogens is 4. The summed E-state index contributed by atoms with van der Waals surface area (Å²) in [5.74, 6) is -2.13. The molecule has 0 aliphatic carbocycles. The van der Waals surface area contributed by atoms with E-state index >= 15 is 0 Å². The fourth-order valence-electron chi connectivity index (χ4n) is 5.70. The summed E-state index contributed by atoms with van der Waals surface area (Å²) in [6.07, 6.45) is 3.50. The number of likely N-dealkylation sites (tertiary alicyclic amines) is 1. The maximum atomic E-state index is 14.1. The Labute approximate surface area is 241 Å². The van der Waals surface area contributed by atoms with Crippen LogP contribution in [-0.2, 0) is 19.9 Å². The van der Waals surface area contributed by atoms with E-state index in [-0.39, 0.29) is 28.3 Å². The van der Waals surface area contributed by atoms with Gasteiger partial charge in [0.1, 0.15) is 5.54 Å². The number of carboxylic acids is 1. The molecule has 0 saturated carbocycles. The minimum atomic E-state index is -3.11. The SMILES string of the molecule is CC(C)c1c(Cl)cnn1C1(C(=O)Nc2ccc(Cl)cc2OC(F)F)CCN(C[C@@H](C(=O)O)C2CCOCC2)CC1. The number of anilines is 1. The van der Waals surface area contributed by atoms with E-state index in [1.807, 2.05) is 13.8 Å². The Morgan fingerprint density at radius 3 is 2.50 bits per heavy atom. The maximum absolute atomic E-state index is 14.1. The Kier molecular flexibility index (Phi) is 9.92. The van der Waals surface area contributed by atoms with Crippen LogP contribution in [0.3, 0.4) is 0 Å². The first-order valence-electron chi connectivity index (χ1n) is 13.3. The van der Waals surface area contributed by atoms with Crippen molar-refractivity contribution >= 4 is 40.8 Å². The molecule has 0 radical (unpaired) electrons. The highest BCUT2D eigenvalue weighted by Gasteiger charge is 2.47. The molecule has 2 saturated heterocycles. The van der Waals surface area contributed by atoms with Crippen molar-refractivity contribution in [2.45, 2.75) is 57.6 Å². The average Bonchev–Trinajstić information content (AvgIpc) is 3.31. The van der Waals surface area contributed by atoms with Crippen molar-refractivity contribution in [2.75, 3.05) is 38.2 Å². The summed E-state index contributed by atoms with van der Waals surface area (Å²) in [5.41, 5.74) is -0.482. The Balaban J connectivity index is 1.61. The third-order valence-electron chi connectivity index (χ3n) is 7.83. The van der Waals surface area contributed by atoms with Gasteiger partial charge >= 0.3 is 12.6 Å². The summed E-state index contributed by atoms with van der Waals surface area (Å²) < 4.78 is 37.8. The molecule has 1 atom stereocenters. The Hall–Kier alpha value is -2.47. The predicted octanol–water partition coefficient (Wildman–Crippen LogP) is 5.47. The third-order valence-corrected chi connectivity index (χ3v) is 8.36. The number of nitrogens with one attached hydrogen (secondary N) is 1. The van der Waals surface area contributed by atoms with E-state index in [0.29, 0.717) is 69.2 Å². The second-order valence-electron chi connectivity index (χ2n) is 10.6. The highest BCUT2D eigenvalue weighted by Crippen LogP contribution is 2.39. The lowest BCUT2D eigenvalue weighted by atomic mass is 9.82. The standard InChI is InChI=1S/C27H34Cl2F2N4O5/c1-16(2)23-20(29)14-32-35(23)27(25(38)33-21-4-3-18(28)13-22(21)40-26(30)31)7-9-34(10-8-27)15-19(24(36)37)17-5-11-39-12-6-17/h3-4,13-14,16-17,19,26H,5-12,15H2,1-2H3,(H,33,38)(H,36,37)/t19-/m1/s1. The van der Waals surface area contributed by atoms with Crippen LogP contribution in [0, 0.1) is 11.8 Å². The van der Waals surface area contributed by atoms with E-state index in [2.05, 4.69) is 20.1 Å². The lowest BCUT2D eigenvalue weighted by Gasteiger charge is -2.43. The molecule has 220 valence electrons. The molecule has 3 heterocycles. The molecule has 1 aromatic carbocycles. The zero-order chi connectivity index (χ0) is 29.0. The summed E-state index contributed by atoms with van der Waals surface area (Å²) in [5, 5.41) is 17.8. The Bertz CT molecular complexity index is 1200. The van der Waals surface area contributed by atoms with Crippen LogP contribution >= 0.6 is 23.2 Å². The first kappa shape index (κ1) is 30.5. The fourth-order valence-corrected chi connectivity index (χ4v) is 6.20. The van der Waals surface area contributed by atoms with Crippen LogP contribution < -0.4 is 10.1 Å². The number of piperidine rings is 1. The van der Waals surface area contributed by atoms with Crippen molar-refractivity contribution in [1.82, 2.24) is 14.7 Å². The fraction of sp³-hybridized carbons (Fsp3) is 0.593. The van der Waals surface area contributed by atoms with E-state index in [1.54, 1.807) is 4.68 Å². The van der Waals surface area contributed by atoms with Gasteiger partial charge in [-0.2, -0.15) is 13.9 Å². The van der Waals surface area contributed by atoms with Crippen LogP contribution in [0.2, 0.25) is 10.0 Å². The molecule has 0 spiro atoms. The molecule has 2 N–H and O–H groups in total. The molecule has 40 heavy (non-hydrogen) atoms. The largest absolute Gasteiger partial charge is 0.481 e. The van der Waals surface area contributed by atoms with Gasteiger partial charge in [-0.25, -0.2) is 0 Å². The van der Waals surface area contributed by atoms with E-state index in [0.717, 1.165) is 0 Å². The molecule has 0 unspecified atom stereocenters. The number of amides is 1. The van der Waals surface area contributed by atoms with Gasteiger partial charge in [0.25, 0.3) is 5.91 Å². The molecular weight excluding hydrogens is 569 g/mol. The number of benzene rings is 1. The van der Waals surface area contributed by atoms with Crippen molar-refractivity contribution in [1.29, 1.82) is 0 Å². The summed E-state index contributed by atoms with van der Waals surface area (Å²) in [4.78, 5) is 28.3. The summed E-state index contributed by atoms with van der Waals surface area (Å²) in [7, 11) is 0. The zero-order valence-electron chi connectivity index (χ0n) is 22.4. The third kappa shape index (κ3) is 6.70. The van der Waals surface area contributed by atoms with Crippen molar-refractivity contribution in [3.63, 3.8) is 0 Å². The topological polar surface area (TPSA) is 106 Å². The molecule has 9 nitrogen and oxygen atoms in total. The van der Waals surface area contributed by atoms with E-state index in [4.69, 9.17) is 27.9 Å². The lowest BCUT2D eigenvalue weighted by molar-refractivity contribution is -0.146. The van der Waals surface area contributed by atoms with Crippen LogP contribution in [0.25, 0.3) is 0 Å². The Morgan fingerprint density at radius 2 is 1.90 bits per heavy atom. The number of aromatic nitrogens is 2. The van der Waals surface area contributed by atoms with Crippen LogP contribution in [0.5, 0.6) is 5.75 Å². The minimum Gasteiger partial charge on any atom is -0.481 e. The van der Waals surface area contributed by atoms with E-state index in [9.17, 15) is 23.5 Å². The van der Waals surface area contributed by atoms with Gasteiger partial charge in [0.15, 0.2) is 5.75 Å². The molecule has 0 bridgehead atoms. The first-order chi connectivity index (χ1) is 19.0. The number of ether oxygens (including phenoxy) is 2. The molecule has 1 amide bonds. The number of aliphatic carboxylic acids is 1. The van der Waals surface area contributed by atoms with Crippen molar-refractivity contribution in [3.05, 3.63) is 40.1 Å². The molecule has 2 aliphatic heterocycles. The maximum Gasteiger partial charge on any atom is 0.387 e. The average molecular weight is 603 g/mol. The molecule has 2 aliphatic rings. The van der Waals surface area contributed by atoms with Crippen LogP contribution in [0.4, 0.5) is 14.5 Å². The van der Waals surface area contributed by atoms with Crippen LogP contribution in [0.1, 0.15) is 51.1 Å². The monoisotopic (exact) mass is 602 g/mol. The highest BCUT2D eigenvalue weighted by molar-refractivity contribution is 6.31. The highest BCUT2D eigenvalue weighted by atomic mass is 35.5. The number of hydrogen-bond acceptors (Lipinski definition) is 6. The number of alkyl halides is 2. The van der Waals surface area contributed by atoms with Crippen molar-refractivity contribution in [3.8, 4) is 5.75 Å². The second-order valence-corrected chi connectivity index (χ2v) is 11.5. The van der Waals surface area contributed by atoms with Gasteiger partial charge in [-0.3, -0.25) is 14.3 Å². The van der Waals surface area contributed by atoms with Gasteiger partial charge < -0.3 is 24.8 Å². The first-order valence-corrected chi connectivity index (χ1v) is 14.1. The van der Waals surface area contributed by atoms with Gasteiger partial charge in [0, 0.05) is 43.9 Å². The molecule has 1 aromatic heterocycles. The smallest absolute Gasteiger partial charge is 0.387 e. The normalized spacial score (nSPS) is 19.1. The van der Waals surface area contributed by atoms with Crippen molar-refractivity contribution in [2.24, 2.45) is 11.8 Å². The second kappa shape index (κ2) is 13.0. The zero-order valence-corrected chi connectivity index (χ0v) is 23.9. The quantitative estimate of drug-likeness (QED) is 0.371. The lowest BCUT2D eigenvalue weighted by Crippen LogP contribution is -2.55. The summed E-state index contributed by atoms with van der Waals surface area (Å²) in [6, 6.07) is 4.09. The van der Waals surface area contributed by atoms with Gasteiger partial charge in [-0.1, -0.05) is 37.0 Å². The molecule has 2 fully saturated rings. The number of rotatable bonds is 10. The molecule has 2 aromatic rings. The summed E-state index contributed by atoms with van der Waals surface area (Å²) >= 11 is 12.5. The number of carbonyl (C=O) groups excluding carboxylic acids is 1. The number of carboxylic acid groups (broad SMARTS) is 1. The van der Waals surface area contributed by atoms with Crippen LogP contribution in [-0.4, -0.2) is 71.1 Å². The number of hydrogen-bond donors (Lipinski definition) is 2. The summed E-state index contributed by atoms with van der Waals surface area (Å²) in [6.45, 7) is 3.10. The Morgan fingerprint density at radius 1 is 1.23 bits per heavy atom. The van der Waals surface area contributed by atoms with E-state index < -0.39 is 29.9 Å². The minimum absolute atomic E-state index is 0.0249. The number of nitrogens with zero attached hydrogens (tertiary/aromatic N) is 3. The molecular formula is C27H34Cl2F2N4O5. The molecule has 13 heteroatoms. The van der Waals surface area contributed by atoms with Crippen molar-refractivity contribution < 1.29 is 33.0 Å². The van der Waals surface area contributed by atoms with Gasteiger partial charge in [0.2, 0.25) is 0 Å². The van der Waals surface area contributed by atoms with Crippen LogP contribution in [0.15, 0.2) is 24.4 Å². The predicted molar refractivity (Wildman–Crippen MR) is 146 cm³/mol. The van der Waals surface area contributed by atoms with Gasteiger partial charge in [-0.05, 0) is 49.7 Å². The van der Waals surface area contributed by atoms with Gasteiger partial charge in [-0.15, -0.1) is 0 Å². The number of carbonyl (C=O) groups is 2. The molecule has 4 rings (SSSR count). The van der Waals surface area contributed by atoms with Gasteiger partial charge in [0.05, 0.1) is 28.5 Å². The van der Waals surface area contributed by atoms with E-state index in [1.165, 1.54) is 24.4 Å².